The lowest BCUT2D eigenvalue weighted by Crippen LogP contribution is -1.87. The maximum absolute atomic E-state index is 5.81. The molecule has 1 aliphatic carbocycles. The molecule has 4 rings (SSSR count). The Morgan fingerprint density at radius 3 is 3.00 bits per heavy atom. The van der Waals surface area contributed by atoms with E-state index >= 15 is 0 Å². The standard InChI is InChI=1S/C16H15N3O/c1-11-8-13(11)16-7-6-12(20-16)9-18-19-10-17-14-4-2-3-5-15(14)19/h2-7,9-11,13H,8H2,1H3/b18-9-/t11-,13+/m0/s1. The highest BCUT2D eigenvalue weighted by Gasteiger charge is 2.36. The van der Waals surface area contributed by atoms with Gasteiger partial charge >= 0.3 is 0 Å². The largest absolute Gasteiger partial charge is 0.460 e. The van der Waals surface area contributed by atoms with Crippen LogP contribution >= 0.6 is 0 Å². The van der Waals surface area contributed by atoms with Crippen LogP contribution in [0.25, 0.3) is 11.0 Å². The first-order valence-corrected chi connectivity index (χ1v) is 6.87. The minimum atomic E-state index is 0.603. The quantitative estimate of drug-likeness (QED) is 0.679. The average molecular weight is 265 g/mol. The first-order chi connectivity index (χ1) is 9.81. The highest BCUT2D eigenvalue weighted by atomic mass is 16.3. The van der Waals surface area contributed by atoms with E-state index in [9.17, 15) is 0 Å². The summed E-state index contributed by atoms with van der Waals surface area (Å²) >= 11 is 0. The van der Waals surface area contributed by atoms with Crippen molar-refractivity contribution in [2.75, 3.05) is 0 Å². The minimum Gasteiger partial charge on any atom is -0.460 e. The summed E-state index contributed by atoms with van der Waals surface area (Å²) < 4.78 is 7.57. The molecule has 0 spiro atoms. The van der Waals surface area contributed by atoms with Gasteiger partial charge in [0.05, 0.1) is 17.2 Å². The number of fused-ring (bicyclic) bond motifs is 1. The highest BCUT2D eigenvalue weighted by molar-refractivity contribution is 5.78. The lowest BCUT2D eigenvalue weighted by Gasteiger charge is -1.94. The van der Waals surface area contributed by atoms with E-state index in [1.54, 1.807) is 17.2 Å². The van der Waals surface area contributed by atoms with Crippen molar-refractivity contribution in [1.29, 1.82) is 0 Å². The predicted molar refractivity (Wildman–Crippen MR) is 78.0 cm³/mol. The van der Waals surface area contributed by atoms with Crippen molar-refractivity contribution >= 4 is 17.2 Å². The van der Waals surface area contributed by atoms with Gasteiger partial charge in [-0.25, -0.2) is 9.66 Å². The SMILES string of the molecule is C[C@H]1C[C@H]1c1ccc(/C=N\n2cnc3ccccc32)o1. The normalized spacial score (nSPS) is 21.9. The Kier molecular flexibility index (Phi) is 2.49. The van der Waals surface area contributed by atoms with E-state index < -0.39 is 0 Å². The fraction of sp³-hybridized carbons (Fsp3) is 0.250. The summed E-state index contributed by atoms with van der Waals surface area (Å²) in [7, 11) is 0. The van der Waals surface area contributed by atoms with E-state index in [2.05, 4.69) is 23.1 Å². The molecule has 1 aromatic carbocycles. The molecule has 1 saturated carbocycles. The van der Waals surface area contributed by atoms with Gasteiger partial charge < -0.3 is 4.42 Å². The lowest BCUT2D eigenvalue weighted by atomic mass is 10.3. The summed E-state index contributed by atoms with van der Waals surface area (Å²) in [5.41, 5.74) is 1.93. The molecule has 3 aromatic rings. The van der Waals surface area contributed by atoms with E-state index in [4.69, 9.17) is 4.42 Å². The molecule has 4 nitrogen and oxygen atoms in total. The van der Waals surface area contributed by atoms with Crippen LogP contribution in [0.1, 0.15) is 30.8 Å². The molecule has 2 aromatic heterocycles. The third-order valence-corrected chi connectivity index (χ3v) is 3.87. The molecule has 0 unspecified atom stereocenters. The number of furan rings is 1. The van der Waals surface area contributed by atoms with Gasteiger partial charge in [0.15, 0.2) is 0 Å². The maximum atomic E-state index is 5.81. The molecule has 2 atom stereocenters. The molecule has 0 N–H and O–H groups in total. The van der Waals surface area contributed by atoms with Crippen LogP contribution in [0.5, 0.6) is 0 Å². The molecule has 1 fully saturated rings. The van der Waals surface area contributed by atoms with Gasteiger partial charge in [-0.3, -0.25) is 0 Å². The average Bonchev–Trinajstić information content (AvgIpc) is 2.92. The zero-order valence-corrected chi connectivity index (χ0v) is 11.2. The molecule has 2 heterocycles. The van der Waals surface area contributed by atoms with Gasteiger partial charge in [0.25, 0.3) is 0 Å². The van der Waals surface area contributed by atoms with Crippen LogP contribution in [0.15, 0.2) is 52.2 Å². The summed E-state index contributed by atoms with van der Waals surface area (Å²) in [6.45, 7) is 2.25. The van der Waals surface area contributed by atoms with E-state index in [0.29, 0.717) is 5.92 Å². The molecule has 0 bridgehead atoms. The summed E-state index contributed by atoms with van der Waals surface area (Å²) in [6.07, 6.45) is 4.69. The number of rotatable bonds is 3. The number of benzene rings is 1. The second-order valence-corrected chi connectivity index (χ2v) is 5.38. The predicted octanol–water partition coefficient (Wildman–Crippen LogP) is 3.63. The Morgan fingerprint density at radius 1 is 1.30 bits per heavy atom. The van der Waals surface area contributed by atoms with Crippen LogP contribution in [0.2, 0.25) is 0 Å². The van der Waals surface area contributed by atoms with Crippen LogP contribution in [0.4, 0.5) is 0 Å². The van der Waals surface area contributed by atoms with Crippen molar-refractivity contribution in [3.8, 4) is 0 Å². The van der Waals surface area contributed by atoms with E-state index in [-0.39, 0.29) is 0 Å². The topological polar surface area (TPSA) is 43.3 Å². The van der Waals surface area contributed by atoms with E-state index in [1.807, 2.05) is 30.3 Å². The number of hydrogen-bond acceptors (Lipinski definition) is 3. The smallest absolute Gasteiger partial charge is 0.147 e. The van der Waals surface area contributed by atoms with Crippen molar-refractivity contribution in [2.24, 2.45) is 11.0 Å². The minimum absolute atomic E-state index is 0.603. The molecule has 100 valence electrons. The van der Waals surface area contributed by atoms with Gasteiger partial charge in [-0.15, -0.1) is 0 Å². The number of imidazole rings is 1. The Morgan fingerprint density at radius 2 is 2.15 bits per heavy atom. The molecule has 0 radical (unpaired) electrons. The van der Waals surface area contributed by atoms with Crippen molar-refractivity contribution in [3.05, 3.63) is 54.2 Å². The molecular formula is C16H15N3O. The van der Waals surface area contributed by atoms with Crippen molar-refractivity contribution < 1.29 is 4.42 Å². The third-order valence-electron chi connectivity index (χ3n) is 3.87. The van der Waals surface area contributed by atoms with Crippen molar-refractivity contribution in [1.82, 2.24) is 9.66 Å². The summed E-state index contributed by atoms with van der Waals surface area (Å²) in [4.78, 5) is 4.30. The second-order valence-electron chi connectivity index (χ2n) is 5.38. The molecule has 0 saturated heterocycles. The van der Waals surface area contributed by atoms with E-state index in [0.717, 1.165) is 28.5 Å². The fourth-order valence-electron chi connectivity index (χ4n) is 2.51. The Bertz CT molecular complexity index is 784. The van der Waals surface area contributed by atoms with Crippen LogP contribution in [-0.2, 0) is 0 Å². The molecule has 0 amide bonds. The van der Waals surface area contributed by atoms with Crippen LogP contribution < -0.4 is 0 Å². The Balaban J connectivity index is 1.60. The van der Waals surface area contributed by atoms with E-state index in [1.165, 1.54) is 6.42 Å². The monoisotopic (exact) mass is 265 g/mol. The number of nitrogens with zero attached hydrogens (tertiary/aromatic N) is 3. The summed E-state index contributed by atoms with van der Waals surface area (Å²) in [6, 6.07) is 12.0. The summed E-state index contributed by atoms with van der Waals surface area (Å²) in [5, 5.41) is 4.41. The number of aromatic nitrogens is 2. The summed E-state index contributed by atoms with van der Waals surface area (Å²) in [5.74, 6) is 3.22. The molecule has 1 aliphatic rings. The first kappa shape index (κ1) is 11.5. The van der Waals surface area contributed by atoms with Crippen molar-refractivity contribution in [3.63, 3.8) is 0 Å². The molecule has 4 heteroatoms. The number of hydrogen-bond donors (Lipinski definition) is 0. The lowest BCUT2D eigenvalue weighted by molar-refractivity contribution is 0.500. The van der Waals surface area contributed by atoms with Gasteiger partial charge in [0.2, 0.25) is 0 Å². The second kappa shape index (κ2) is 4.34. The third kappa shape index (κ3) is 1.93. The molecule has 20 heavy (non-hydrogen) atoms. The zero-order valence-electron chi connectivity index (χ0n) is 11.2. The van der Waals surface area contributed by atoms with Gasteiger partial charge in [-0.2, -0.15) is 5.10 Å². The zero-order chi connectivity index (χ0) is 13.5. The van der Waals surface area contributed by atoms with Gasteiger partial charge in [0.1, 0.15) is 17.8 Å². The fourth-order valence-corrected chi connectivity index (χ4v) is 2.51. The van der Waals surface area contributed by atoms with Crippen LogP contribution in [0.3, 0.4) is 0 Å². The Hall–Kier alpha value is -2.36. The van der Waals surface area contributed by atoms with Gasteiger partial charge in [-0.1, -0.05) is 19.1 Å². The molecular weight excluding hydrogens is 250 g/mol. The first-order valence-electron chi connectivity index (χ1n) is 6.87. The maximum Gasteiger partial charge on any atom is 0.147 e. The van der Waals surface area contributed by atoms with Gasteiger partial charge in [-0.05, 0) is 36.6 Å². The van der Waals surface area contributed by atoms with Crippen LogP contribution in [-0.4, -0.2) is 15.9 Å². The van der Waals surface area contributed by atoms with Crippen molar-refractivity contribution in [2.45, 2.75) is 19.3 Å². The highest BCUT2D eigenvalue weighted by Crippen LogP contribution is 2.47. The Labute approximate surface area is 116 Å². The van der Waals surface area contributed by atoms with Crippen LogP contribution in [0, 0.1) is 5.92 Å². The molecule has 0 aliphatic heterocycles. The number of para-hydroxylation sites is 2. The van der Waals surface area contributed by atoms with Gasteiger partial charge in [0, 0.05) is 5.92 Å².